The van der Waals surface area contributed by atoms with Crippen molar-refractivity contribution < 1.29 is 9.53 Å². The van der Waals surface area contributed by atoms with Crippen LogP contribution < -0.4 is 4.74 Å². The fraction of sp³-hybridized carbons (Fsp3) is 0.308. The predicted octanol–water partition coefficient (Wildman–Crippen LogP) is 3.60. The van der Waals surface area contributed by atoms with Gasteiger partial charge in [0.1, 0.15) is 12.0 Å². The van der Waals surface area contributed by atoms with Crippen LogP contribution in [0.2, 0.25) is 0 Å². The quantitative estimate of drug-likeness (QED) is 0.755. The number of methoxy groups -OCH3 is 1. The Hall–Kier alpha value is -1.35. The summed E-state index contributed by atoms with van der Waals surface area (Å²) in [6.07, 6.45) is 1.55. The van der Waals surface area contributed by atoms with Gasteiger partial charge in [-0.2, -0.15) is 0 Å². The first-order valence-corrected chi connectivity index (χ1v) is 6.13. The zero-order valence-electron chi connectivity index (χ0n) is 9.40. The number of hydrogen-bond donors (Lipinski definition) is 0. The Morgan fingerprint density at radius 2 is 2.25 bits per heavy atom. The second-order valence-electron chi connectivity index (χ2n) is 3.82. The summed E-state index contributed by atoms with van der Waals surface area (Å²) in [5.41, 5.74) is 1.23. The van der Waals surface area contributed by atoms with Crippen LogP contribution in [0, 0.1) is 0 Å². The van der Waals surface area contributed by atoms with E-state index in [1.807, 2.05) is 6.07 Å². The highest BCUT2D eigenvalue weighted by molar-refractivity contribution is 7.17. The molecule has 0 radical (unpaired) electrons. The lowest BCUT2D eigenvalue weighted by atomic mass is 9.95. The minimum Gasteiger partial charge on any atom is -0.495 e. The Labute approximate surface area is 98.9 Å². The van der Waals surface area contributed by atoms with Crippen LogP contribution in [0.5, 0.6) is 5.75 Å². The molecule has 0 amide bonds. The molecule has 0 aliphatic carbocycles. The molecule has 0 spiro atoms. The van der Waals surface area contributed by atoms with Gasteiger partial charge in [0.2, 0.25) is 0 Å². The standard InChI is InChI=1S/C13H14O2S/c1-9(5-7-14)10-3-4-12(15-2)13-11(10)6-8-16-13/h3-4,6-9H,5H2,1-2H3. The van der Waals surface area contributed by atoms with E-state index in [1.165, 1.54) is 10.9 Å². The maximum absolute atomic E-state index is 10.6. The van der Waals surface area contributed by atoms with Gasteiger partial charge in [0.05, 0.1) is 11.8 Å². The minimum atomic E-state index is 0.264. The Bertz CT molecular complexity index is 502. The molecule has 16 heavy (non-hydrogen) atoms. The summed E-state index contributed by atoms with van der Waals surface area (Å²) in [6.45, 7) is 2.08. The number of fused-ring (bicyclic) bond motifs is 1. The van der Waals surface area contributed by atoms with Crippen molar-refractivity contribution in [3.63, 3.8) is 0 Å². The monoisotopic (exact) mass is 234 g/mol. The number of carbonyl (C=O) groups excluding carboxylic acids is 1. The summed E-state index contributed by atoms with van der Waals surface area (Å²) in [5.74, 6) is 1.17. The molecule has 0 aliphatic rings. The molecular weight excluding hydrogens is 220 g/mol. The van der Waals surface area contributed by atoms with Crippen molar-refractivity contribution >= 4 is 27.7 Å². The van der Waals surface area contributed by atoms with Crippen LogP contribution in [-0.2, 0) is 4.79 Å². The third-order valence-corrected chi connectivity index (χ3v) is 3.74. The molecule has 0 saturated carbocycles. The Kier molecular flexibility index (Phi) is 3.25. The number of hydrogen-bond acceptors (Lipinski definition) is 3. The van der Waals surface area contributed by atoms with Crippen LogP contribution in [0.3, 0.4) is 0 Å². The lowest BCUT2D eigenvalue weighted by Gasteiger charge is -2.11. The van der Waals surface area contributed by atoms with Gasteiger partial charge in [-0.1, -0.05) is 13.0 Å². The van der Waals surface area contributed by atoms with Crippen LogP contribution in [0.1, 0.15) is 24.8 Å². The van der Waals surface area contributed by atoms with Crippen LogP contribution in [-0.4, -0.2) is 13.4 Å². The Morgan fingerprint density at radius 3 is 2.94 bits per heavy atom. The molecule has 0 bridgehead atoms. The zero-order chi connectivity index (χ0) is 11.5. The first-order chi connectivity index (χ1) is 7.77. The summed E-state index contributed by atoms with van der Waals surface area (Å²) in [7, 11) is 1.68. The lowest BCUT2D eigenvalue weighted by Crippen LogP contribution is -1.95. The topological polar surface area (TPSA) is 26.3 Å². The van der Waals surface area contributed by atoms with E-state index in [9.17, 15) is 4.79 Å². The average molecular weight is 234 g/mol. The Morgan fingerprint density at radius 1 is 1.44 bits per heavy atom. The molecule has 3 heteroatoms. The molecule has 2 rings (SSSR count). The second kappa shape index (κ2) is 4.66. The highest BCUT2D eigenvalue weighted by Crippen LogP contribution is 2.36. The molecule has 1 aromatic carbocycles. The zero-order valence-corrected chi connectivity index (χ0v) is 10.2. The third kappa shape index (κ3) is 1.83. The van der Waals surface area contributed by atoms with Crippen LogP contribution in [0.4, 0.5) is 0 Å². The SMILES string of the molecule is COc1ccc(C(C)CC=O)c2ccsc12. The van der Waals surface area contributed by atoms with E-state index in [-0.39, 0.29) is 5.92 Å². The largest absolute Gasteiger partial charge is 0.495 e. The maximum Gasteiger partial charge on any atom is 0.136 e. The van der Waals surface area contributed by atoms with E-state index in [1.54, 1.807) is 18.4 Å². The van der Waals surface area contributed by atoms with E-state index in [0.717, 1.165) is 16.7 Å². The van der Waals surface area contributed by atoms with Gasteiger partial charge in [-0.15, -0.1) is 11.3 Å². The number of benzene rings is 1. The highest BCUT2D eigenvalue weighted by Gasteiger charge is 2.12. The maximum atomic E-state index is 10.6. The van der Waals surface area contributed by atoms with Crippen molar-refractivity contribution in [2.75, 3.05) is 7.11 Å². The number of aldehydes is 1. The summed E-state index contributed by atoms with van der Waals surface area (Å²) < 4.78 is 6.49. The molecule has 2 aromatic rings. The van der Waals surface area contributed by atoms with Crippen molar-refractivity contribution in [3.8, 4) is 5.75 Å². The highest BCUT2D eigenvalue weighted by atomic mass is 32.1. The fourth-order valence-corrected chi connectivity index (χ4v) is 2.84. The van der Waals surface area contributed by atoms with Gasteiger partial charge in [0, 0.05) is 6.42 Å². The molecule has 1 unspecified atom stereocenters. The van der Waals surface area contributed by atoms with E-state index >= 15 is 0 Å². The molecule has 0 saturated heterocycles. The van der Waals surface area contributed by atoms with Crippen LogP contribution in [0.15, 0.2) is 23.6 Å². The number of thiophene rings is 1. The van der Waals surface area contributed by atoms with Gasteiger partial charge >= 0.3 is 0 Å². The molecule has 1 atom stereocenters. The van der Waals surface area contributed by atoms with Crippen molar-refractivity contribution in [3.05, 3.63) is 29.1 Å². The van der Waals surface area contributed by atoms with Gasteiger partial charge in [-0.25, -0.2) is 0 Å². The van der Waals surface area contributed by atoms with E-state index in [0.29, 0.717) is 6.42 Å². The average Bonchev–Trinajstić information content (AvgIpc) is 2.76. The van der Waals surface area contributed by atoms with Crippen molar-refractivity contribution in [2.24, 2.45) is 0 Å². The van der Waals surface area contributed by atoms with Gasteiger partial charge in [0.25, 0.3) is 0 Å². The summed E-state index contributed by atoms with van der Waals surface area (Å²) in [5, 5.41) is 3.27. The van der Waals surface area contributed by atoms with Crippen LogP contribution >= 0.6 is 11.3 Å². The van der Waals surface area contributed by atoms with Crippen molar-refractivity contribution in [1.29, 1.82) is 0 Å². The summed E-state index contributed by atoms with van der Waals surface area (Å²) in [6, 6.07) is 6.14. The number of rotatable bonds is 4. The van der Waals surface area contributed by atoms with Crippen molar-refractivity contribution in [1.82, 2.24) is 0 Å². The molecular formula is C13H14O2S. The van der Waals surface area contributed by atoms with Crippen LogP contribution in [0.25, 0.3) is 10.1 Å². The molecule has 0 fully saturated rings. The number of carbonyl (C=O) groups is 1. The van der Waals surface area contributed by atoms with Gasteiger partial charge in [-0.05, 0) is 34.4 Å². The Balaban J connectivity index is 2.55. The predicted molar refractivity (Wildman–Crippen MR) is 67.5 cm³/mol. The normalized spacial score (nSPS) is 12.6. The first-order valence-electron chi connectivity index (χ1n) is 5.25. The second-order valence-corrected chi connectivity index (χ2v) is 4.74. The first kappa shape index (κ1) is 11.1. The molecule has 1 aromatic heterocycles. The number of ether oxygens (including phenoxy) is 1. The summed E-state index contributed by atoms with van der Waals surface area (Å²) in [4.78, 5) is 10.6. The van der Waals surface area contributed by atoms with E-state index in [4.69, 9.17) is 4.74 Å². The lowest BCUT2D eigenvalue weighted by molar-refractivity contribution is -0.108. The van der Waals surface area contributed by atoms with Crippen molar-refractivity contribution in [2.45, 2.75) is 19.3 Å². The van der Waals surface area contributed by atoms with E-state index in [2.05, 4.69) is 24.4 Å². The minimum absolute atomic E-state index is 0.264. The van der Waals surface area contributed by atoms with Gasteiger partial charge in [0.15, 0.2) is 0 Å². The molecule has 1 heterocycles. The van der Waals surface area contributed by atoms with Gasteiger partial charge < -0.3 is 9.53 Å². The molecule has 0 N–H and O–H groups in total. The molecule has 0 aliphatic heterocycles. The van der Waals surface area contributed by atoms with Gasteiger partial charge in [-0.3, -0.25) is 0 Å². The smallest absolute Gasteiger partial charge is 0.136 e. The molecule has 84 valence electrons. The third-order valence-electron chi connectivity index (χ3n) is 2.81. The summed E-state index contributed by atoms with van der Waals surface area (Å²) >= 11 is 1.67. The molecule has 2 nitrogen and oxygen atoms in total. The fourth-order valence-electron chi connectivity index (χ4n) is 1.92. The van der Waals surface area contributed by atoms with E-state index < -0.39 is 0 Å².